The number of ether oxygens (including phenoxy) is 1. The quantitative estimate of drug-likeness (QED) is 0.482. The van der Waals surface area contributed by atoms with Crippen molar-refractivity contribution in [2.45, 2.75) is 43.8 Å². The van der Waals surface area contributed by atoms with Crippen LogP contribution in [0.5, 0.6) is 5.75 Å². The van der Waals surface area contributed by atoms with E-state index >= 15 is 0 Å². The second-order valence-corrected chi connectivity index (χ2v) is 8.77. The van der Waals surface area contributed by atoms with E-state index in [4.69, 9.17) is 11.2 Å². The molecule has 2 saturated heterocycles. The van der Waals surface area contributed by atoms with Crippen LogP contribution in [-0.4, -0.2) is 71.6 Å². The highest BCUT2D eigenvalue weighted by Crippen LogP contribution is 2.33. The van der Waals surface area contributed by atoms with Gasteiger partial charge in [-0.05, 0) is 37.0 Å². The van der Waals surface area contributed by atoms with Gasteiger partial charge in [0, 0.05) is 32.4 Å². The van der Waals surface area contributed by atoms with Crippen molar-refractivity contribution in [3.05, 3.63) is 30.3 Å². The molecule has 2 aliphatic rings. The van der Waals surface area contributed by atoms with Gasteiger partial charge in [-0.15, -0.1) is 6.42 Å². The molecule has 3 rings (SSSR count). The van der Waals surface area contributed by atoms with Crippen molar-refractivity contribution >= 4 is 23.6 Å². The fraction of sp³-hybridized carbons (Fsp3) is 0.565. The van der Waals surface area contributed by atoms with Crippen LogP contribution in [0.4, 0.5) is 0 Å². The van der Waals surface area contributed by atoms with E-state index in [2.05, 4.69) is 11.2 Å². The maximum absolute atomic E-state index is 12.8. The molecule has 1 N–H and O–H groups in total. The van der Waals surface area contributed by atoms with Crippen molar-refractivity contribution < 1.29 is 14.3 Å². The van der Waals surface area contributed by atoms with Crippen molar-refractivity contribution in [1.29, 1.82) is 0 Å². The first-order valence-corrected chi connectivity index (χ1v) is 12.0. The van der Waals surface area contributed by atoms with Gasteiger partial charge in [-0.3, -0.25) is 14.9 Å². The summed E-state index contributed by atoms with van der Waals surface area (Å²) >= 11 is 1.74. The van der Waals surface area contributed by atoms with Gasteiger partial charge in [-0.25, -0.2) is 0 Å². The maximum atomic E-state index is 12.8. The van der Waals surface area contributed by atoms with Gasteiger partial charge in [0.05, 0.1) is 24.9 Å². The number of amides is 2. The predicted octanol–water partition coefficient (Wildman–Crippen LogP) is 2.35. The minimum Gasteiger partial charge on any atom is -0.494 e. The second kappa shape index (κ2) is 10.7. The van der Waals surface area contributed by atoms with Crippen molar-refractivity contribution in [3.63, 3.8) is 0 Å². The number of nitrogens with one attached hydrogen (secondary N) is 1. The van der Waals surface area contributed by atoms with Crippen LogP contribution in [-0.2, 0) is 9.59 Å². The molecule has 2 heterocycles. The normalized spacial score (nSPS) is 20.4. The van der Waals surface area contributed by atoms with Gasteiger partial charge in [0.1, 0.15) is 5.75 Å². The van der Waals surface area contributed by atoms with Crippen LogP contribution < -0.4 is 10.1 Å². The van der Waals surface area contributed by atoms with Gasteiger partial charge in [-0.2, -0.15) is 11.8 Å². The summed E-state index contributed by atoms with van der Waals surface area (Å²) in [6.07, 6.45) is 11.0. The molecule has 6 nitrogen and oxygen atoms in total. The van der Waals surface area contributed by atoms with Crippen LogP contribution in [0.2, 0.25) is 0 Å². The first-order chi connectivity index (χ1) is 14.6. The van der Waals surface area contributed by atoms with Crippen LogP contribution >= 0.6 is 11.8 Å². The van der Waals surface area contributed by atoms with E-state index in [-0.39, 0.29) is 17.9 Å². The molecule has 0 bridgehead atoms. The predicted molar refractivity (Wildman–Crippen MR) is 120 cm³/mol. The molecular formula is C23H31N3O3S. The van der Waals surface area contributed by atoms with Gasteiger partial charge in [0.25, 0.3) is 0 Å². The summed E-state index contributed by atoms with van der Waals surface area (Å²) in [5.74, 6) is 4.63. The van der Waals surface area contributed by atoms with E-state index in [1.807, 2.05) is 46.4 Å². The Morgan fingerprint density at radius 1 is 1.33 bits per heavy atom. The average Bonchev–Trinajstić information content (AvgIpc) is 3.02. The zero-order valence-electron chi connectivity index (χ0n) is 17.6. The summed E-state index contributed by atoms with van der Waals surface area (Å²) in [5, 5.41) is 3.57. The van der Waals surface area contributed by atoms with E-state index in [1.54, 1.807) is 11.8 Å². The van der Waals surface area contributed by atoms with Gasteiger partial charge >= 0.3 is 0 Å². The van der Waals surface area contributed by atoms with E-state index in [0.717, 1.165) is 17.9 Å². The molecule has 0 radical (unpaired) electrons. The topological polar surface area (TPSA) is 61.9 Å². The number of hydrogen-bond acceptors (Lipinski definition) is 5. The number of likely N-dealkylation sites (tertiary alicyclic amines) is 1. The summed E-state index contributed by atoms with van der Waals surface area (Å²) in [6, 6.07) is 9.46. The second-order valence-electron chi connectivity index (χ2n) is 7.78. The lowest BCUT2D eigenvalue weighted by molar-refractivity contribution is -0.136. The van der Waals surface area contributed by atoms with Crippen molar-refractivity contribution in [2.75, 3.05) is 38.2 Å². The zero-order valence-corrected chi connectivity index (χ0v) is 18.5. The number of benzene rings is 1. The highest BCUT2D eigenvalue weighted by atomic mass is 32.2. The Kier molecular flexibility index (Phi) is 8.06. The third-order valence-corrected chi connectivity index (χ3v) is 6.52. The van der Waals surface area contributed by atoms with Crippen molar-refractivity contribution in [2.24, 2.45) is 0 Å². The zero-order chi connectivity index (χ0) is 21.4. The van der Waals surface area contributed by atoms with E-state index < -0.39 is 5.66 Å². The van der Waals surface area contributed by atoms with E-state index in [0.29, 0.717) is 51.9 Å². The fourth-order valence-corrected chi connectivity index (χ4v) is 4.71. The Balaban J connectivity index is 1.48. The third-order valence-electron chi connectivity index (χ3n) is 5.87. The van der Waals surface area contributed by atoms with Gasteiger partial charge < -0.3 is 14.5 Å². The number of thioether (sulfide) groups is 1. The molecule has 162 valence electrons. The lowest BCUT2D eigenvalue weighted by Crippen LogP contribution is -2.59. The van der Waals surface area contributed by atoms with Crippen LogP contribution in [0.15, 0.2) is 30.3 Å². The first kappa shape index (κ1) is 22.5. The van der Waals surface area contributed by atoms with E-state index in [1.165, 1.54) is 0 Å². The van der Waals surface area contributed by atoms with Gasteiger partial charge in [-0.1, -0.05) is 24.1 Å². The lowest BCUT2D eigenvalue weighted by Gasteiger charge is -2.44. The Labute approximate surface area is 183 Å². The molecule has 30 heavy (non-hydrogen) atoms. The van der Waals surface area contributed by atoms with Gasteiger partial charge in [0.2, 0.25) is 11.8 Å². The SMILES string of the molecule is C#CCN1C(=O)C(CCSC)NC12CCN(C(=O)CCCOc1ccccc1)CC2. The summed E-state index contributed by atoms with van der Waals surface area (Å²) in [6.45, 7) is 2.10. The summed E-state index contributed by atoms with van der Waals surface area (Å²) in [5.41, 5.74) is -0.417. The Morgan fingerprint density at radius 2 is 2.07 bits per heavy atom. The Hall–Kier alpha value is -2.17. The van der Waals surface area contributed by atoms with E-state index in [9.17, 15) is 9.59 Å². The number of carbonyl (C=O) groups excluding carboxylic acids is 2. The highest BCUT2D eigenvalue weighted by Gasteiger charge is 2.51. The number of nitrogens with zero attached hydrogens (tertiary/aromatic N) is 2. The standard InChI is InChI=1S/C23H31N3O3S/c1-3-14-26-22(28)20(11-18-30-2)24-23(26)12-15-25(16-13-23)21(27)10-7-17-29-19-8-5-4-6-9-19/h1,4-6,8-9,20,24H,7,10-18H2,2H3. The molecule has 1 aromatic carbocycles. The summed E-state index contributed by atoms with van der Waals surface area (Å²) in [4.78, 5) is 29.2. The van der Waals surface area contributed by atoms with Crippen LogP contribution in [0, 0.1) is 12.3 Å². The van der Waals surface area contributed by atoms with Crippen LogP contribution in [0.3, 0.4) is 0 Å². The smallest absolute Gasteiger partial charge is 0.242 e. The number of para-hydroxylation sites is 1. The molecule has 1 spiro atoms. The minimum absolute atomic E-state index is 0.0971. The van der Waals surface area contributed by atoms with Crippen LogP contribution in [0.1, 0.15) is 32.1 Å². The van der Waals surface area contributed by atoms with Gasteiger partial charge in [0.15, 0.2) is 0 Å². The van der Waals surface area contributed by atoms with Crippen molar-refractivity contribution in [1.82, 2.24) is 15.1 Å². The molecule has 7 heteroatoms. The number of piperidine rings is 1. The third kappa shape index (κ3) is 5.30. The van der Waals surface area contributed by atoms with Crippen molar-refractivity contribution in [3.8, 4) is 18.1 Å². The monoisotopic (exact) mass is 429 g/mol. The molecular weight excluding hydrogens is 398 g/mol. The minimum atomic E-state index is -0.417. The molecule has 0 aliphatic carbocycles. The Morgan fingerprint density at radius 3 is 2.73 bits per heavy atom. The summed E-state index contributed by atoms with van der Waals surface area (Å²) in [7, 11) is 0. The Bertz CT molecular complexity index is 757. The maximum Gasteiger partial charge on any atom is 0.242 e. The number of terminal acetylenes is 1. The molecule has 2 amide bonds. The molecule has 1 atom stereocenters. The highest BCUT2D eigenvalue weighted by molar-refractivity contribution is 7.98. The number of rotatable bonds is 9. The molecule has 0 aromatic heterocycles. The summed E-state index contributed by atoms with van der Waals surface area (Å²) < 4.78 is 5.67. The molecule has 1 aromatic rings. The molecule has 2 aliphatic heterocycles. The number of hydrogen-bond donors (Lipinski definition) is 1. The largest absolute Gasteiger partial charge is 0.494 e. The first-order valence-electron chi connectivity index (χ1n) is 10.6. The lowest BCUT2D eigenvalue weighted by atomic mass is 9.95. The fourth-order valence-electron chi connectivity index (χ4n) is 4.24. The van der Waals surface area contributed by atoms with Crippen LogP contribution in [0.25, 0.3) is 0 Å². The molecule has 0 saturated carbocycles. The molecule has 1 unspecified atom stereocenters. The molecule has 2 fully saturated rings. The number of carbonyl (C=O) groups is 2. The average molecular weight is 430 g/mol.